The van der Waals surface area contributed by atoms with Crippen LogP contribution in [-0.2, 0) is 26.4 Å². The van der Waals surface area contributed by atoms with Gasteiger partial charge in [0.25, 0.3) is 0 Å². The standard InChI is InChI=1S/C8H14N4O6S2/c1-3-11-8(7(12(13)14)6(2)10-11)19(15,16)4-5-20(9,17)18/h3-5H2,1-2H3,(H2,9,17,18). The average Bonchev–Trinajstić information content (AvgIpc) is 2.63. The number of nitrogens with two attached hydrogens (primary N) is 1. The Kier molecular flexibility index (Phi) is 4.51. The molecule has 0 amide bonds. The fourth-order valence-corrected chi connectivity index (χ4v) is 4.61. The number of aryl methyl sites for hydroxylation is 2. The van der Waals surface area contributed by atoms with Gasteiger partial charge in [-0.1, -0.05) is 0 Å². The van der Waals surface area contributed by atoms with E-state index in [9.17, 15) is 26.9 Å². The molecule has 0 saturated heterocycles. The van der Waals surface area contributed by atoms with E-state index in [1.807, 2.05) is 0 Å². The van der Waals surface area contributed by atoms with Crippen molar-refractivity contribution < 1.29 is 21.8 Å². The average molecular weight is 326 g/mol. The number of hydrogen-bond donors (Lipinski definition) is 1. The van der Waals surface area contributed by atoms with E-state index < -0.39 is 47.0 Å². The lowest BCUT2D eigenvalue weighted by Gasteiger charge is -2.05. The van der Waals surface area contributed by atoms with Gasteiger partial charge in [0.2, 0.25) is 24.9 Å². The van der Waals surface area contributed by atoms with Gasteiger partial charge >= 0.3 is 5.69 Å². The molecule has 0 atom stereocenters. The zero-order chi connectivity index (χ0) is 15.7. The minimum absolute atomic E-state index is 0.0500. The number of primary sulfonamides is 1. The molecule has 1 aromatic rings. The van der Waals surface area contributed by atoms with Gasteiger partial charge in [0, 0.05) is 6.54 Å². The molecule has 114 valence electrons. The van der Waals surface area contributed by atoms with E-state index in [1.54, 1.807) is 6.92 Å². The van der Waals surface area contributed by atoms with Crippen LogP contribution >= 0.6 is 0 Å². The third-order valence-electron chi connectivity index (χ3n) is 2.46. The van der Waals surface area contributed by atoms with Gasteiger partial charge < -0.3 is 0 Å². The van der Waals surface area contributed by atoms with Crippen LogP contribution in [0.1, 0.15) is 12.6 Å². The van der Waals surface area contributed by atoms with Gasteiger partial charge in [-0.2, -0.15) is 5.10 Å². The normalized spacial score (nSPS) is 12.6. The number of nitro groups is 1. The van der Waals surface area contributed by atoms with Crippen molar-refractivity contribution in [2.75, 3.05) is 11.5 Å². The number of rotatable bonds is 6. The maximum atomic E-state index is 12.1. The summed E-state index contributed by atoms with van der Waals surface area (Å²) in [5.74, 6) is -1.65. The van der Waals surface area contributed by atoms with Crippen LogP contribution in [0.15, 0.2) is 5.03 Å². The number of hydrogen-bond acceptors (Lipinski definition) is 7. The van der Waals surface area contributed by atoms with Crippen LogP contribution in [0.5, 0.6) is 0 Å². The molecule has 1 heterocycles. The first-order valence-electron chi connectivity index (χ1n) is 5.44. The van der Waals surface area contributed by atoms with E-state index in [4.69, 9.17) is 5.14 Å². The molecule has 0 spiro atoms. The smallest absolute Gasteiger partial charge is 0.258 e. The van der Waals surface area contributed by atoms with Crippen molar-refractivity contribution in [2.45, 2.75) is 25.4 Å². The van der Waals surface area contributed by atoms with Crippen molar-refractivity contribution in [3.8, 4) is 0 Å². The van der Waals surface area contributed by atoms with Gasteiger partial charge in [-0.25, -0.2) is 26.7 Å². The summed E-state index contributed by atoms with van der Waals surface area (Å²) in [6.45, 7) is 2.97. The molecule has 0 radical (unpaired) electrons. The van der Waals surface area contributed by atoms with E-state index in [-0.39, 0.29) is 12.2 Å². The maximum absolute atomic E-state index is 12.1. The van der Waals surface area contributed by atoms with Gasteiger partial charge in [0.1, 0.15) is 5.69 Å². The predicted molar refractivity (Wildman–Crippen MR) is 69.3 cm³/mol. The van der Waals surface area contributed by atoms with Crippen molar-refractivity contribution in [3.05, 3.63) is 15.8 Å². The first-order valence-corrected chi connectivity index (χ1v) is 8.81. The van der Waals surface area contributed by atoms with Crippen LogP contribution in [0.4, 0.5) is 5.69 Å². The van der Waals surface area contributed by atoms with Gasteiger partial charge in [-0.3, -0.25) is 10.1 Å². The Hall–Kier alpha value is -1.53. The zero-order valence-electron chi connectivity index (χ0n) is 10.8. The predicted octanol–water partition coefficient (Wildman–Crippen LogP) is -0.818. The highest BCUT2D eigenvalue weighted by Crippen LogP contribution is 2.28. The summed E-state index contributed by atoms with van der Waals surface area (Å²) in [4.78, 5) is 10.1. The third kappa shape index (κ3) is 3.52. The molecule has 1 rings (SSSR count). The number of nitrogens with zero attached hydrogens (tertiary/aromatic N) is 3. The van der Waals surface area contributed by atoms with E-state index in [0.29, 0.717) is 0 Å². The Morgan fingerprint density at radius 2 is 1.85 bits per heavy atom. The highest BCUT2D eigenvalue weighted by Gasteiger charge is 2.34. The maximum Gasteiger partial charge on any atom is 0.328 e. The summed E-state index contributed by atoms with van der Waals surface area (Å²) in [5.41, 5.74) is -0.688. The first kappa shape index (κ1) is 16.5. The highest BCUT2D eigenvalue weighted by molar-refractivity contribution is 7.94. The minimum Gasteiger partial charge on any atom is -0.258 e. The van der Waals surface area contributed by atoms with Gasteiger partial charge in [0.05, 0.1) is 16.4 Å². The van der Waals surface area contributed by atoms with Crippen LogP contribution in [0.25, 0.3) is 0 Å². The Balaban J connectivity index is 3.40. The lowest BCUT2D eigenvalue weighted by molar-refractivity contribution is -0.388. The van der Waals surface area contributed by atoms with E-state index in [1.165, 1.54) is 6.92 Å². The highest BCUT2D eigenvalue weighted by atomic mass is 32.2. The molecule has 0 aromatic carbocycles. The van der Waals surface area contributed by atoms with Crippen molar-refractivity contribution in [1.29, 1.82) is 0 Å². The van der Waals surface area contributed by atoms with Crippen LogP contribution in [0.2, 0.25) is 0 Å². The van der Waals surface area contributed by atoms with Crippen molar-refractivity contribution in [2.24, 2.45) is 5.14 Å². The lowest BCUT2D eigenvalue weighted by atomic mass is 10.4. The minimum atomic E-state index is -4.19. The van der Waals surface area contributed by atoms with Gasteiger partial charge in [0.15, 0.2) is 0 Å². The van der Waals surface area contributed by atoms with E-state index >= 15 is 0 Å². The van der Waals surface area contributed by atoms with Crippen LogP contribution in [-0.4, -0.2) is 43.0 Å². The van der Waals surface area contributed by atoms with E-state index in [0.717, 1.165) is 4.68 Å². The molecule has 0 aliphatic heterocycles. The molecule has 0 fully saturated rings. The first-order chi connectivity index (χ1) is 8.99. The topological polar surface area (TPSA) is 155 Å². The van der Waals surface area contributed by atoms with Crippen molar-refractivity contribution in [3.63, 3.8) is 0 Å². The van der Waals surface area contributed by atoms with Gasteiger partial charge in [-0.05, 0) is 13.8 Å². The van der Waals surface area contributed by atoms with Crippen molar-refractivity contribution >= 4 is 25.5 Å². The second-order valence-electron chi connectivity index (χ2n) is 4.00. The molecule has 1 aromatic heterocycles. The number of sulfone groups is 1. The second-order valence-corrected chi connectivity index (χ2v) is 7.76. The quantitative estimate of drug-likeness (QED) is 0.528. The molecule has 0 aliphatic rings. The van der Waals surface area contributed by atoms with Crippen LogP contribution in [0.3, 0.4) is 0 Å². The molecule has 12 heteroatoms. The summed E-state index contributed by atoms with van der Waals surface area (Å²) in [6.07, 6.45) is 0. The largest absolute Gasteiger partial charge is 0.328 e. The molecular formula is C8H14N4O6S2. The summed E-state index contributed by atoms with van der Waals surface area (Å²) in [6, 6.07) is 0. The van der Waals surface area contributed by atoms with Crippen LogP contribution in [0, 0.1) is 17.0 Å². The summed E-state index contributed by atoms with van der Waals surface area (Å²) in [5, 5.41) is 18.9. The molecular weight excluding hydrogens is 312 g/mol. The summed E-state index contributed by atoms with van der Waals surface area (Å²) >= 11 is 0. The SMILES string of the molecule is CCn1nc(C)c([N+](=O)[O-])c1S(=O)(=O)CCS(N)(=O)=O. The Labute approximate surface area is 115 Å². The monoisotopic (exact) mass is 326 g/mol. The van der Waals surface area contributed by atoms with E-state index in [2.05, 4.69) is 5.10 Å². The Morgan fingerprint density at radius 1 is 1.30 bits per heavy atom. The second kappa shape index (κ2) is 5.46. The number of sulfonamides is 1. The molecule has 0 saturated carbocycles. The molecule has 0 unspecified atom stereocenters. The number of aromatic nitrogens is 2. The lowest BCUT2D eigenvalue weighted by Crippen LogP contribution is -2.25. The molecule has 20 heavy (non-hydrogen) atoms. The zero-order valence-corrected chi connectivity index (χ0v) is 12.4. The fourth-order valence-electron chi connectivity index (χ4n) is 1.61. The molecule has 0 bridgehead atoms. The van der Waals surface area contributed by atoms with Gasteiger partial charge in [-0.15, -0.1) is 0 Å². The van der Waals surface area contributed by atoms with Crippen molar-refractivity contribution in [1.82, 2.24) is 9.78 Å². The molecule has 10 nitrogen and oxygen atoms in total. The molecule has 2 N–H and O–H groups in total. The molecule has 0 aliphatic carbocycles. The third-order valence-corrected chi connectivity index (χ3v) is 5.23. The fraction of sp³-hybridized carbons (Fsp3) is 0.625. The Morgan fingerprint density at radius 3 is 2.25 bits per heavy atom. The summed E-state index contributed by atoms with van der Waals surface area (Å²) < 4.78 is 46.9. The Bertz CT molecular complexity index is 733. The van der Waals surface area contributed by atoms with Crippen LogP contribution < -0.4 is 5.14 Å². The summed E-state index contributed by atoms with van der Waals surface area (Å²) in [7, 11) is -8.18.